The Balaban J connectivity index is 1.52. The van der Waals surface area contributed by atoms with Gasteiger partial charge in [-0.15, -0.1) is 0 Å². The molecule has 0 bridgehead atoms. The molecule has 2 saturated carbocycles. The summed E-state index contributed by atoms with van der Waals surface area (Å²) >= 11 is 0. The van der Waals surface area contributed by atoms with E-state index >= 15 is 0 Å². The number of ketones is 3. The molecule has 13 heteroatoms. The van der Waals surface area contributed by atoms with Gasteiger partial charge in [0.2, 0.25) is 12.1 Å². The van der Waals surface area contributed by atoms with Crippen molar-refractivity contribution in [1.82, 2.24) is 0 Å². The lowest BCUT2D eigenvalue weighted by Crippen LogP contribution is -2.64. The van der Waals surface area contributed by atoms with Gasteiger partial charge in [-0.3, -0.25) is 19.2 Å². The van der Waals surface area contributed by atoms with Crippen LogP contribution in [0.3, 0.4) is 0 Å². The van der Waals surface area contributed by atoms with Crippen molar-refractivity contribution in [2.45, 2.75) is 130 Å². The summed E-state index contributed by atoms with van der Waals surface area (Å²) in [6, 6.07) is 0. The Morgan fingerprint density at radius 2 is 1.63 bits per heavy atom. The van der Waals surface area contributed by atoms with Crippen molar-refractivity contribution in [3.63, 3.8) is 0 Å². The lowest BCUT2D eigenvalue weighted by Gasteiger charge is -2.63. The van der Waals surface area contributed by atoms with E-state index in [2.05, 4.69) is 0 Å². The van der Waals surface area contributed by atoms with Gasteiger partial charge in [0.05, 0.1) is 18.1 Å². The Morgan fingerprint density at radius 1 is 1.00 bits per heavy atom. The molecule has 13 atom stereocenters. The quantitative estimate of drug-likeness (QED) is 0.119. The molecular formula is C38H54O13. The van der Waals surface area contributed by atoms with E-state index in [1.807, 2.05) is 26.8 Å². The van der Waals surface area contributed by atoms with Crippen molar-refractivity contribution in [3.05, 3.63) is 35.6 Å². The summed E-state index contributed by atoms with van der Waals surface area (Å²) < 4.78 is 16.7. The van der Waals surface area contributed by atoms with Crippen molar-refractivity contribution in [3.8, 4) is 0 Å². The number of carbonyl (C=O) groups is 4. The average molecular weight is 719 g/mol. The van der Waals surface area contributed by atoms with E-state index in [1.54, 1.807) is 33.8 Å². The van der Waals surface area contributed by atoms with Crippen LogP contribution in [0.1, 0.15) is 81.6 Å². The predicted molar refractivity (Wildman–Crippen MR) is 180 cm³/mol. The minimum Gasteiger partial charge on any atom is -0.459 e. The first kappa shape index (κ1) is 39.4. The number of aliphatic hydroxyl groups is 6. The first-order valence-corrected chi connectivity index (χ1v) is 17.6. The molecule has 1 heterocycles. The summed E-state index contributed by atoms with van der Waals surface area (Å²) in [6.07, 6.45) is -2.57. The second kappa shape index (κ2) is 12.7. The molecule has 0 spiro atoms. The molecule has 5 aliphatic rings. The Bertz CT molecular complexity index is 1570. The maximum atomic E-state index is 14.8. The molecule has 0 amide bonds. The smallest absolute Gasteiger partial charge is 0.303 e. The second-order valence-electron chi connectivity index (χ2n) is 17.2. The SMILES string of the molecule is CC(=O)OC(C)(C)/C=C/C(=O)[C@](C)(O)C1[C@H](O)C[C@@]2(C)[C@@H]3CC=C4[C@@H](C=C(O[C@@H]5O[C@H](CO)[C@@H](O)[C@H](O)[C@H]5O)C(=O)C4(C)C)[C@]3(C)C(=O)C[C@]12C. The van der Waals surface area contributed by atoms with E-state index in [0.29, 0.717) is 12.0 Å². The Kier molecular flexibility index (Phi) is 9.80. The molecule has 4 aliphatic carbocycles. The highest BCUT2D eigenvalue weighted by molar-refractivity contribution is 6.02. The third-order valence-electron chi connectivity index (χ3n) is 13.3. The Hall–Kier alpha value is -2.78. The van der Waals surface area contributed by atoms with Gasteiger partial charge in [-0.25, -0.2) is 0 Å². The van der Waals surface area contributed by atoms with Crippen LogP contribution in [0.4, 0.5) is 0 Å². The highest BCUT2D eigenvalue weighted by atomic mass is 16.7. The van der Waals surface area contributed by atoms with Crippen LogP contribution in [-0.2, 0) is 33.4 Å². The van der Waals surface area contributed by atoms with Gasteiger partial charge in [0, 0.05) is 30.6 Å². The molecule has 0 aromatic rings. The topological polar surface area (TPSA) is 217 Å². The van der Waals surface area contributed by atoms with E-state index < -0.39 is 112 Å². The zero-order chi connectivity index (χ0) is 38.4. The number of fused-ring (bicyclic) bond motifs is 5. The molecule has 5 rings (SSSR count). The van der Waals surface area contributed by atoms with Crippen LogP contribution in [-0.4, -0.2) is 109 Å². The Morgan fingerprint density at radius 3 is 2.22 bits per heavy atom. The van der Waals surface area contributed by atoms with Crippen molar-refractivity contribution in [2.75, 3.05) is 6.61 Å². The van der Waals surface area contributed by atoms with Crippen LogP contribution >= 0.6 is 0 Å². The number of Topliss-reactive ketones (excluding diaryl/α,β-unsaturated/α-hetero) is 2. The molecule has 1 unspecified atom stereocenters. The highest BCUT2D eigenvalue weighted by Gasteiger charge is 2.74. The number of aliphatic hydroxyl groups excluding tert-OH is 5. The zero-order valence-corrected chi connectivity index (χ0v) is 30.9. The molecule has 1 saturated heterocycles. The fraction of sp³-hybridized carbons (Fsp3) is 0.737. The molecule has 0 aromatic heterocycles. The number of hydrogen-bond acceptors (Lipinski definition) is 13. The first-order valence-electron chi connectivity index (χ1n) is 17.6. The monoisotopic (exact) mass is 718 g/mol. The molecule has 0 radical (unpaired) electrons. The van der Waals surface area contributed by atoms with Gasteiger partial charge in [-0.2, -0.15) is 0 Å². The van der Waals surface area contributed by atoms with Crippen molar-refractivity contribution in [1.29, 1.82) is 0 Å². The summed E-state index contributed by atoms with van der Waals surface area (Å²) in [5, 5.41) is 64.6. The number of allylic oxidation sites excluding steroid dienone is 4. The maximum absolute atomic E-state index is 14.8. The third kappa shape index (κ3) is 5.87. The van der Waals surface area contributed by atoms with Gasteiger partial charge in [0.15, 0.2) is 11.5 Å². The molecule has 51 heavy (non-hydrogen) atoms. The van der Waals surface area contributed by atoms with Gasteiger partial charge >= 0.3 is 5.97 Å². The number of rotatable bonds is 8. The number of ether oxygens (including phenoxy) is 3. The predicted octanol–water partition coefficient (Wildman–Crippen LogP) is 1.45. The fourth-order valence-electron chi connectivity index (χ4n) is 10.3. The molecule has 6 N–H and O–H groups in total. The number of hydrogen-bond donors (Lipinski definition) is 6. The van der Waals surface area contributed by atoms with Crippen molar-refractivity contribution in [2.24, 2.45) is 39.4 Å². The Labute approximate surface area is 298 Å². The maximum Gasteiger partial charge on any atom is 0.303 e. The summed E-state index contributed by atoms with van der Waals surface area (Å²) in [6.45, 7) is 14.2. The summed E-state index contributed by atoms with van der Waals surface area (Å²) in [5.74, 6) is -4.17. The minimum absolute atomic E-state index is 0.0841. The van der Waals surface area contributed by atoms with E-state index in [0.717, 1.165) is 6.08 Å². The van der Waals surface area contributed by atoms with Gasteiger partial charge in [0.1, 0.15) is 41.4 Å². The van der Waals surface area contributed by atoms with E-state index in [4.69, 9.17) is 14.2 Å². The van der Waals surface area contributed by atoms with Crippen LogP contribution in [0.5, 0.6) is 0 Å². The van der Waals surface area contributed by atoms with Crippen LogP contribution in [0.2, 0.25) is 0 Å². The molecule has 0 aromatic carbocycles. The van der Waals surface area contributed by atoms with Crippen molar-refractivity contribution < 1.29 is 64.0 Å². The van der Waals surface area contributed by atoms with Gasteiger partial charge in [0.25, 0.3) is 0 Å². The van der Waals surface area contributed by atoms with Crippen molar-refractivity contribution >= 4 is 23.3 Å². The standard InChI is InChI=1S/C38H54O13/c1-18(40)51-33(2,3)13-12-25(42)38(9,48)30-21(41)15-35(6)24-11-10-19-20(37(24,8)26(43)16-36(30,35)7)14-22(31(47)34(19,4)5)49-32-29(46)28(45)27(44)23(17-39)50-32/h10,12-14,20-21,23-24,27-30,32,39,41,44-46,48H,11,15-17H2,1-9H3/b13-12+/t20-,21-,23-,24+,27-,28+,29-,30?,32-,35+,36-,37+,38+/m1/s1. The van der Waals surface area contributed by atoms with E-state index in [-0.39, 0.29) is 24.4 Å². The largest absolute Gasteiger partial charge is 0.459 e. The minimum atomic E-state index is -2.09. The van der Waals surface area contributed by atoms with Gasteiger partial charge < -0.3 is 44.8 Å². The molecule has 13 nitrogen and oxygen atoms in total. The fourth-order valence-corrected chi connectivity index (χ4v) is 10.3. The number of esters is 1. The van der Waals surface area contributed by atoms with Gasteiger partial charge in [-0.05, 0) is 82.4 Å². The second-order valence-corrected chi connectivity index (χ2v) is 17.2. The molecule has 1 aliphatic heterocycles. The van der Waals surface area contributed by atoms with E-state index in [9.17, 15) is 49.8 Å². The average Bonchev–Trinajstić information content (AvgIpc) is 3.22. The summed E-state index contributed by atoms with van der Waals surface area (Å²) in [4.78, 5) is 53.9. The summed E-state index contributed by atoms with van der Waals surface area (Å²) in [7, 11) is 0. The number of carbonyl (C=O) groups excluding carboxylic acids is 4. The zero-order valence-electron chi connectivity index (χ0n) is 30.9. The van der Waals surface area contributed by atoms with Crippen LogP contribution < -0.4 is 0 Å². The summed E-state index contributed by atoms with van der Waals surface area (Å²) in [5.41, 5.74) is -6.62. The lowest BCUT2D eigenvalue weighted by atomic mass is 9.39. The molecular weight excluding hydrogens is 664 g/mol. The molecule has 3 fully saturated rings. The normalized spacial score (nSPS) is 43.3. The lowest BCUT2D eigenvalue weighted by molar-refractivity contribution is -0.291. The van der Waals surface area contributed by atoms with Crippen LogP contribution in [0.15, 0.2) is 35.6 Å². The van der Waals surface area contributed by atoms with Gasteiger partial charge in [-0.1, -0.05) is 32.4 Å². The first-order chi connectivity index (χ1) is 23.3. The third-order valence-corrected chi connectivity index (χ3v) is 13.3. The van der Waals surface area contributed by atoms with Crippen LogP contribution in [0.25, 0.3) is 0 Å². The molecule has 284 valence electrons. The van der Waals surface area contributed by atoms with Crippen LogP contribution in [0, 0.1) is 39.4 Å². The highest BCUT2D eigenvalue weighted by Crippen LogP contribution is 2.73. The van der Waals surface area contributed by atoms with E-state index in [1.165, 1.54) is 19.9 Å².